The van der Waals surface area contributed by atoms with Gasteiger partial charge in [0.15, 0.2) is 0 Å². The van der Waals surface area contributed by atoms with Crippen molar-refractivity contribution in [3.63, 3.8) is 0 Å². The summed E-state index contributed by atoms with van der Waals surface area (Å²) in [4.78, 5) is 2.01. The Morgan fingerprint density at radius 1 is 1.58 bits per heavy atom. The molecule has 0 bridgehead atoms. The van der Waals surface area contributed by atoms with E-state index in [2.05, 4.69) is 12.7 Å². The lowest BCUT2D eigenvalue weighted by Gasteiger charge is -2.33. The van der Waals surface area contributed by atoms with Crippen LogP contribution in [0.25, 0.3) is 0 Å². The molecule has 1 heterocycles. The van der Waals surface area contributed by atoms with Gasteiger partial charge in [-0.05, 0) is 26.5 Å². The minimum Gasteiger partial charge on any atom is -0.369 e. The van der Waals surface area contributed by atoms with Crippen molar-refractivity contribution in [2.24, 2.45) is 0 Å². The van der Waals surface area contributed by atoms with E-state index in [1.807, 2.05) is 32.0 Å². The first-order valence-electron chi connectivity index (χ1n) is 4.27. The molecular weight excluding hydrogens is 150 g/mol. The Kier molecular flexibility index (Phi) is 2.58. The Bertz CT molecular complexity index is 206. The van der Waals surface area contributed by atoms with E-state index < -0.39 is 0 Å². The molecule has 2 nitrogen and oxygen atoms in total. The van der Waals surface area contributed by atoms with Crippen LogP contribution in [0.1, 0.15) is 20.3 Å². The van der Waals surface area contributed by atoms with Gasteiger partial charge in [0.2, 0.25) is 0 Å². The Morgan fingerprint density at radius 2 is 2.25 bits per heavy atom. The van der Waals surface area contributed by atoms with Crippen LogP contribution in [0.15, 0.2) is 24.6 Å². The molecule has 0 atom stereocenters. The Labute approximate surface area is 74.5 Å². The zero-order valence-electron chi connectivity index (χ0n) is 8.13. The summed E-state index contributed by atoms with van der Waals surface area (Å²) in [6.45, 7) is 8.87. The van der Waals surface area contributed by atoms with Crippen LogP contribution in [-0.2, 0) is 4.74 Å². The zero-order valence-corrected chi connectivity index (χ0v) is 8.13. The van der Waals surface area contributed by atoms with Crippen molar-refractivity contribution in [3.05, 3.63) is 24.6 Å². The van der Waals surface area contributed by atoms with Gasteiger partial charge in [0.25, 0.3) is 0 Å². The molecule has 2 heteroatoms. The molecular formula is C10H17NO. The van der Waals surface area contributed by atoms with E-state index in [0.717, 1.165) is 18.7 Å². The second-order valence-electron chi connectivity index (χ2n) is 3.59. The summed E-state index contributed by atoms with van der Waals surface area (Å²) in [6.07, 6.45) is 5.12. The molecule has 0 unspecified atom stereocenters. The van der Waals surface area contributed by atoms with Crippen molar-refractivity contribution in [1.82, 2.24) is 4.90 Å². The highest BCUT2D eigenvalue weighted by molar-refractivity contribution is 5.12. The fourth-order valence-electron chi connectivity index (χ4n) is 1.21. The molecule has 0 amide bonds. The van der Waals surface area contributed by atoms with Crippen LogP contribution in [0.3, 0.4) is 0 Å². The fraction of sp³-hybridized carbons (Fsp3) is 0.600. The number of likely N-dealkylation sites (N-methyl/N-ethyl adjacent to an activating group) is 1. The average Bonchev–Trinajstić information content (AvgIpc) is 2.00. The SMILES string of the molecule is C=C1N(C)C=CCCOC1(C)C. The molecule has 68 valence electrons. The van der Waals surface area contributed by atoms with Crippen LogP contribution in [0.2, 0.25) is 0 Å². The van der Waals surface area contributed by atoms with E-state index in [-0.39, 0.29) is 5.60 Å². The molecule has 0 radical (unpaired) electrons. The number of rotatable bonds is 0. The topological polar surface area (TPSA) is 12.5 Å². The van der Waals surface area contributed by atoms with Gasteiger partial charge in [0.1, 0.15) is 5.60 Å². The minimum atomic E-state index is -0.237. The maximum absolute atomic E-state index is 5.66. The van der Waals surface area contributed by atoms with Crippen LogP contribution in [0.5, 0.6) is 0 Å². The maximum Gasteiger partial charge on any atom is 0.102 e. The molecule has 0 fully saturated rings. The summed E-state index contributed by atoms with van der Waals surface area (Å²) in [5.41, 5.74) is 0.762. The van der Waals surface area contributed by atoms with Crippen LogP contribution in [0.4, 0.5) is 0 Å². The standard InChI is InChI=1S/C10H17NO/c1-9-10(2,3)12-8-6-5-7-11(9)4/h5,7H,1,6,8H2,2-4H3. The van der Waals surface area contributed by atoms with Gasteiger partial charge < -0.3 is 9.64 Å². The maximum atomic E-state index is 5.66. The van der Waals surface area contributed by atoms with Crippen LogP contribution < -0.4 is 0 Å². The second-order valence-corrected chi connectivity index (χ2v) is 3.59. The van der Waals surface area contributed by atoms with Gasteiger partial charge in [-0.3, -0.25) is 0 Å². The third kappa shape index (κ3) is 1.89. The van der Waals surface area contributed by atoms with E-state index in [4.69, 9.17) is 4.74 Å². The first-order valence-corrected chi connectivity index (χ1v) is 4.27. The Hall–Kier alpha value is -0.760. The molecule has 1 rings (SSSR count). The molecule has 0 saturated carbocycles. The third-order valence-corrected chi connectivity index (χ3v) is 2.20. The normalized spacial score (nSPS) is 23.6. The summed E-state index contributed by atoms with van der Waals surface area (Å²) in [6, 6.07) is 0. The first-order chi connectivity index (χ1) is 5.54. The predicted octanol–water partition coefficient (Wildman–Crippen LogP) is 2.14. The van der Waals surface area contributed by atoms with Gasteiger partial charge in [0, 0.05) is 12.7 Å². The summed E-state index contributed by atoms with van der Waals surface area (Å²) in [5, 5.41) is 0. The highest BCUT2D eigenvalue weighted by Gasteiger charge is 2.25. The van der Waals surface area contributed by atoms with Gasteiger partial charge >= 0.3 is 0 Å². The highest BCUT2D eigenvalue weighted by Crippen LogP contribution is 2.23. The van der Waals surface area contributed by atoms with Gasteiger partial charge in [-0.2, -0.15) is 0 Å². The van der Waals surface area contributed by atoms with Gasteiger partial charge in [-0.1, -0.05) is 12.7 Å². The Balaban J connectivity index is 2.81. The van der Waals surface area contributed by atoms with Crippen molar-refractivity contribution in [2.45, 2.75) is 25.9 Å². The van der Waals surface area contributed by atoms with Gasteiger partial charge in [-0.25, -0.2) is 0 Å². The third-order valence-electron chi connectivity index (χ3n) is 2.20. The first kappa shape index (κ1) is 9.33. The highest BCUT2D eigenvalue weighted by atomic mass is 16.5. The van der Waals surface area contributed by atoms with Crippen LogP contribution in [0, 0.1) is 0 Å². The molecule has 0 aromatic rings. The van der Waals surface area contributed by atoms with Gasteiger partial charge in [-0.15, -0.1) is 0 Å². The molecule has 0 N–H and O–H groups in total. The fourth-order valence-corrected chi connectivity index (χ4v) is 1.21. The lowest BCUT2D eigenvalue weighted by atomic mass is 10.0. The monoisotopic (exact) mass is 167 g/mol. The number of hydrogen-bond acceptors (Lipinski definition) is 2. The number of nitrogens with zero attached hydrogens (tertiary/aromatic N) is 1. The summed E-state index contributed by atoms with van der Waals surface area (Å²) >= 11 is 0. The molecule has 12 heavy (non-hydrogen) atoms. The lowest BCUT2D eigenvalue weighted by Crippen LogP contribution is -2.34. The van der Waals surface area contributed by atoms with Crippen molar-refractivity contribution in [3.8, 4) is 0 Å². The summed E-state index contributed by atoms with van der Waals surface area (Å²) in [5.74, 6) is 0. The lowest BCUT2D eigenvalue weighted by molar-refractivity contribution is -0.00221. The largest absolute Gasteiger partial charge is 0.369 e. The smallest absolute Gasteiger partial charge is 0.102 e. The van der Waals surface area contributed by atoms with E-state index in [1.165, 1.54) is 0 Å². The molecule has 0 aromatic heterocycles. The number of hydrogen-bond donors (Lipinski definition) is 0. The molecule has 1 aliphatic rings. The molecule has 0 aromatic carbocycles. The molecule has 0 aliphatic carbocycles. The van der Waals surface area contributed by atoms with Gasteiger partial charge in [0.05, 0.1) is 6.61 Å². The van der Waals surface area contributed by atoms with Crippen molar-refractivity contribution in [2.75, 3.05) is 13.7 Å². The summed E-state index contributed by atoms with van der Waals surface area (Å²) in [7, 11) is 2.00. The second kappa shape index (κ2) is 3.31. The van der Waals surface area contributed by atoms with E-state index in [0.29, 0.717) is 0 Å². The Morgan fingerprint density at radius 3 is 2.92 bits per heavy atom. The molecule has 0 saturated heterocycles. The van der Waals surface area contributed by atoms with Crippen LogP contribution >= 0.6 is 0 Å². The molecule has 0 spiro atoms. The predicted molar refractivity (Wildman–Crippen MR) is 50.7 cm³/mol. The van der Waals surface area contributed by atoms with Crippen LogP contribution in [-0.4, -0.2) is 24.2 Å². The molecule has 1 aliphatic heterocycles. The van der Waals surface area contributed by atoms with Crippen molar-refractivity contribution in [1.29, 1.82) is 0 Å². The quantitative estimate of drug-likeness (QED) is 0.548. The van der Waals surface area contributed by atoms with E-state index >= 15 is 0 Å². The summed E-state index contributed by atoms with van der Waals surface area (Å²) < 4.78 is 5.66. The van der Waals surface area contributed by atoms with Crippen molar-refractivity contribution >= 4 is 0 Å². The van der Waals surface area contributed by atoms with Crippen molar-refractivity contribution < 1.29 is 4.74 Å². The average molecular weight is 167 g/mol. The minimum absolute atomic E-state index is 0.237. The van der Waals surface area contributed by atoms with E-state index in [1.54, 1.807) is 0 Å². The van der Waals surface area contributed by atoms with E-state index in [9.17, 15) is 0 Å². The zero-order chi connectivity index (χ0) is 9.19. The number of ether oxygens (including phenoxy) is 1.